The van der Waals surface area contributed by atoms with Gasteiger partial charge < -0.3 is 5.32 Å². The summed E-state index contributed by atoms with van der Waals surface area (Å²) < 4.78 is 0.957. The zero-order chi connectivity index (χ0) is 13.3. The fraction of sp³-hybridized carbons (Fsp3) is 0.643. The van der Waals surface area contributed by atoms with Crippen LogP contribution in [0, 0.1) is 11.3 Å². The predicted molar refractivity (Wildman–Crippen MR) is 81.2 cm³/mol. The highest BCUT2D eigenvalue weighted by Gasteiger charge is 2.32. The van der Waals surface area contributed by atoms with Crippen molar-refractivity contribution in [3.05, 3.63) is 21.9 Å². The van der Waals surface area contributed by atoms with Crippen LogP contribution in [0.1, 0.15) is 40.0 Å². The molecule has 100 valence electrons. The maximum atomic E-state index is 6.12. The van der Waals surface area contributed by atoms with Crippen molar-refractivity contribution in [3.8, 4) is 0 Å². The number of halogens is 2. The molecule has 1 saturated carbocycles. The lowest BCUT2D eigenvalue weighted by Crippen LogP contribution is -2.36. The van der Waals surface area contributed by atoms with Gasteiger partial charge in [-0.25, -0.2) is 4.98 Å². The summed E-state index contributed by atoms with van der Waals surface area (Å²) in [6, 6.07) is 2.49. The number of anilines is 1. The van der Waals surface area contributed by atoms with Crippen molar-refractivity contribution in [2.75, 3.05) is 5.32 Å². The summed E-state index contributed by atoms with van der Waals surface area (Å²) in [5.41, 5.74) is 1.40. The van der Waals surface area contributed by atoms with E-state index < -0.39 is 0 Å². The van der Waals surface area contributed by atoms with Gasteiger partial charge in [-0.1, -0.05) is 32.4 Å². The molecule has 1 aromatic heterocycles. The van der Waals surface area contributed by atoms with Gasteiger partial charge in [-0.15, -0.1) is 0 Å². The van der Waals surface area contributed by atoms with Gasteiger partial charge in [0.05, 0.1) is 5.69 Å². The van der Waals surface area contributed by atoms with Crippen molar-refractivity contribution >= 4 is 33.2 Å². The number of rotatable bonds is 2. The molecule has 1 heterocycles. The van der Waals surface area contributed by atoms with E-state index in [0.29, 0.717) is 22.5 Å². The average molecular weight is 332 g/mol. The highest BCUT2D eigenvalue weighted by atomic mass is 79.9. The normalized spacial score (nSPS) is 26.9. The van der Waals surface area contributed by atoms with Crippen LogP contribution in [-0.2, 0) is 0 Å². The molecule has 4 heteroatoms. The summed E-state index contributed by atoms with van der Waals surface area (Å²) in [4.78, 5) is 4.15. The van der Waals surface area contributed by atoms with Crippen LogP contribution in [0.15, 0.2) is 16.7 Å². The molecular formula is C14H20BrClN2. The largest absolute Gasteiger partial charge is 0.380 e. The molecule has 0 saturated heterocycles. The van der Waals surface area contributed by atoms with E-state index in [0.717, 1.165) is 10.2 Å². The second-order valence-electron chi connectivity index (χ2n) is 6.13. The minimum Gasteiger partial charge on any atom is -0.380 e. The summed E-state index contributed by atoms with van der Waals surface area (Å²) in [5.74, 6) is 0.656. The lowest BCUT2D eigenvalue weighted by Gasteiger charge is -2.40. The second kappa shape index (κ2) is 5.38. The molecule has 2 atom stereocenters. The zero-order valence-corrected chi connectivity index (χ0v) is 13.5. The number of nitrogens with one attached hydrogen (secondary N) is 1. The van der Waals surface area contributed by atoms with Gasteiger partial charge >= 0.3 is 0 Å². The quantitative estimate of drug-likeness (QED) is 0.760. The number of hydrogen-bond acceptors (Lipinski definition) is 2. The van der Waals surface area contributed by atoms with Crippen LogP contribution in [-0.4, -0.2) is 11.0 Å². The lowest BCUT2D eigenvalue weighted by molar-refractivity contribution is 0.177. The first-order valence-corrected chi connectivity index (χ1v) is 7.62. The molecule has 0 aromatic carbocycles. The fourth-order valence-corrected chi connectivity index (χ4v) is 3.37. The Morgan fingerprint density at radius 3 is 2.89 bits per heavy atom. The summed E-state index contributed by atoms with van der Waals surface area (Å²) in [7, 11) is 0. The van der Waals surface area contributed by atoms with E-state index in [2.05, 4.69) is 47.0 Å². The molecule has 0 radical (unpaired) electrons. The molecule has 0 aliphatic heterocycles. The molecule has 0 spiro atoms. The highest BCUT2D eigenvalue weighted by Crippen LogP contribution is 2.40. The molecule has 0 bridgehead atoms. The van der Waals surface area contributed by atoms with Crippen molar-refractivity contribution < 1.29 is 0 Å². The summed E-state index contributed by atoms with van der Waals surface area (Å²) in [5, 5.41) is 4.10. The van der Waals surface area contributed by atoms with Crippen molar-refractivity contribution in [2.24, 2.45) is 11.3 Å². The van der Waals surface area contributed by atoms with Crippen molar-refractivity contribution in [1.29, 1.82) is 0 Å². The van der Waals surface area contributed by atoms with Gasteiger partial charge in [-0.2, -0.15) is 0 Å². The van der Waals surface area contributed by atoms with E-state index in [9.17, 15) is 0 Å². The van der Waals surface area contributed by atoms with Gasteiger partial charge in [-0.05, 0) is 52.6 Å². The maximum Gasteiger partial charge on any atom is 0.152 e. The number of pyridine rings is 1. The zero-order valence-electron chi connectivity index (χ0n) is 11.1. The van der Waals surface area contributed by atoms with Crippen LogP contribution in [0.2, 0.25) is 5.15 Å². The predicted octanol–water partition coefficient (Wildman–Crippen LogP) is 5.12. The summed E-state index contributed by atoms with van der Waals surface area (Å²) >= 11 is 9.56. The molecule has 18 heavy (non-hydrogen) atoms. The Bertz CT molecular complexity index is 434. The Morgan fingerprint density at radius 1 is 1.50 bits per heavy atom. The average Bonchev–Trinajstić information content (AvgIpc) is 2.26. The van der Waals surface area contributed by atoms with Crippen LogP contribution in [0.25, 0.3) is 0 Å². The van der Waals surface area contributed by atoms with E-state index in [4.69, 9.17) is 11.6 Å². The third-order valence-electron chi connectivity index (χ3n) is 3.84. The van der Waals surface area contributed by atoms with Gasteiger partial charge in [0.1, 0.15) is 0 Å². The SMILES string of the molecule is CC1CC(C)(C)CCC1Nc1cc(Br)cnc1Cl. The minimum absolute atomic E-state index is 0.469. The monoisotopic (exact) mass is 330 g/mol. The number of hydrogen-bond donors (Lipinski definition) is 1. The lowest BCUT2D eigenvalue weighted by atomic mass is 9.70. The first kappa shape index (κ1) is 14.1. The molecule has 1 aromatic rings. The Labute approximate surface area is 123 Å². The molecule has 2 nitrogen and oxygen atoms in total. The van der Waals surface area contributed by atoms with Gasteiger partial charge in [0.2, 0.25) is 0 Å². The summed E-state index contributed by atoms with van der Waals surface area (Å²) in [6.07, 6.45) is 5.43. The first-order chi connectivity index (χ1) is 8.37. The molecule has 1 fully saturated rings. The van der Waals surface area contributed by atoms with Gasteiger partial charge in [0, 0.05) is 16.7 Å². The molecule has 2 unspecified atom stereocenters. The van der Waals surface area contributed by atoms with Gasteiger partial charge in [0.15, 0.2) is 5.15 Å². The first-order valence-electron chi connectivity index (χ1n) is 6.45. The number of aromatic nitrogens is 1. The van der Waals surface area contributed by atoms with E-state index in [-0.39, 0.29) is 0 Å². The topological polar surface area (TPSA) is 24.9 Å². The third kappa shape index (κ3) is 3.39. The Kier molecular flexibility index (Phi) is 4.22. The van der Waals surface area contributed by atoms with Crippen molar-refractivity contribution in [1.82, 2.24) is 4.98 Å². The second-order valence-corrected chi connectivity index (χ2v) is 7.40. The fourth-order valence-electron chi connectivity index (χ4n) is 2.88. The van der Waals surface area contributed by atoms with Gasteiger partial charge in [-0.3, -0.25) is 0 Å². The van der Waals surface area contributed by atoms with Crippen molar-refractivity contribution in [2.45, 2.75) is 46.1 Å². The van der Waals surface area contributed by atoms with Gasteiger partial charge in [0.25, 0.3) is 0 Å². The van der Waals surface area contributed by atoms with E-state index >= 15 is 0 Å². The molecule has 1 aliphatic carbocycles. The Balaban J connectivity index is 2.08. The van der Waals surface area contributed by atoms with Crippen LogP contribution >= 0.6 is 27.5 Å². The molecule has 0 amide bonds. The van der Waals surface area contributed by atoms with Crippen LogP contribution in [0.5, 0.6) is 0 Å². The standard InChI is InChI=1S/C14H20BrClN2/c1-9-7-14(2,3)5-4-11(9)18-12-6-10(15)8-17-13(12)16/h6,8-9,11,18H,4-5,7H2,1-3H3. The smallest absolute Gasteiger partial charge is 0.152 e. The Hall–Kier alpha value is -0.280. The van der Waals surface area contributed by atoms with Crippen molar-refractivity contribution in [3.63, 3.8) is 0 Å². The maximum absolute atomic E-state index is 6.12. The third-order valence-corrected chi connectivity index (χ3v) is 4.58. The molecule has 2 rings (SSSR count). The van der Waals surface area contributed by atoms with Crippen LogP contribution < -0.4 is 5.32 Å². The van der Waals surface area contributed by atoms with Crippen LogP contribution in [0.3, 0.4) is 0 Å². The van der Waals surface area contributed by atoms with E-state index in [1.165, 1.54) is 19.3 Å². The highest BCUT2D eigenvalue weighted by molar-refractivity contribution is 9.10. The van der Waals surface area contributed by atoms with E-state index in [1.54, 1.807) is 6.20 Å². The molecule has 1 N–H and O–H groups in total. The summed E-state index contributed by atoms with van der Waals surface area (Å²) in [6.45, 7) is 7.03. The number of nitrogens with zero attached hydrogens (tertiary/aromatic N) is 1. The van der Waals surface area contributed by atoms with Crippen LogP contribution in [0.4, 0.5) is 5.69 Å². The Morgan fingerprint density at radius 2 is 2.22 bits per heavy atom. The van der Waals surface area contributed by atoms with E-state index in [1.807, 2.05) is 6.07 Å². The molecule has 1 aliphatic rings. The molecular weight excluding hydrogens is 312 g/mol. The minimum atomic E-state index is 0.469.